The molecule has 0 aromatic carbocycles. The van der Waals surface area contributed by atoms with E-state index in [9.17, 15) is 14.4 Å². The summed E-state index contributed by atoms with van der Waals surface area (Å²) in [5.74, 6) is 0.629. The van der Waals surface area contributed by atoms with Gasteiger partial charge in [-0.2, -0.15) is 4.98 Å². The van der Waals surface area contributed by atoms with Gasteiger partial charge in [0.2, 0.25) is 11.9 Å². The summed E-state index contributed by atoms with van der Waals surface area (Å²) in [5.41, 5.74) is 1.36. The number of nitrogens with one attached hydrogen (secondary N) is 1. The molecule has 212 valence electrons. The molecule has 12 nitrogen and oxygen atoms in total. The van der Waals surface area contributed by atoms with E-state index < -0.39 is 11.7 Å². The zero-order valence-corrected chi connectivity index (χ0v) is 23.7. The second-order valence-corrected chi connectivity index (χ2v) is 11.5. The summed E-state index contributed by atoms with van der Waals surface area (Å²) in [6.07, 6.45) is 7.12. The molecule has 0 atom stereocenters. The van der Waals surface area contributed by atoms with Gasteiger partial charge in [-0.25, -0.2) is 14.8 Å². The Morgan fingerprint density at radius 3 is 2.45 bits per heavy atom. The highest BCUT2D eigenvalue weighted by molar-refractivity contribution is 5.98. The number of aromatic nitrogens is 4. The summed E-state index contributed by atoms with van der Waals surface area (Å²) in [6, 6.07) is 5.65. The molecule has 3 amide bonds. The van der Waals surface area contributed by atoms with E-state index >= 15 is 0 Å². The van der Waals surface area contributed by atoms with E-state index in [1.165, 1.54) is 4.90 Å². The van der Waals surface area contributed by atoms with Crippen molar-refractivity contribution in [2.75, 3.05) is 43.9 Å². The maximum Gasteiger partial charge on any atom is 0.410 e. The highest BCUT2D eigenvalue weighted by Gasteiger charge is 2.31. The van der Waals surface area contributed by atoms with E-state index in [0.29, 0.717) is 36.2 Å². The number of piperazine rings is 1. The lowest BCUT2D eigenvalue weighted by Crippen LogP contribution is -2.53. The zero-order chi connectivity index (χ0) is 28.6. The van der Waals surface area contributed by atoms with Crippen molar-refractivity contribution in [2.45, 2.75) is 58.1 Å². The van der Waals surface area contributed by atoms with Gasteiger partial charge in [0.05, 0.1) is 11.9 Å². The van der Waals surface area contributed by atoms with E-state index in [0.717, 1.165) is 36.7 Å². The van der Waals surface area contributed by atoms with E-state index in [1.54, 1.807) is 69.2 Å². The predicted octanol–water partition coefficient (Wildman–Crippen LogP) is 3.97. The second-order valence-electron chi connectivity index (χ2n) is 11.5. The molecule has 0 spiro atoms. The van der Waals surface area contributed by atoms with Crippen LogP contribution >= 0.6 is 0 Å². The average Bonchev–Trinajstić information content (AvgIpc) is 3.55. The monoisotopic (exact) mass is 548 g/mol. The van der Waals surface area contributed by atoms with Crippen LogP contribution in [-0.4, -0.2) is 86.6 Å². The molecule has 3 aromatic heterocycles. The van der Waals surface area contributed by atoms with Crippen LogP contribution in [-0.2, 0) is 9.53 Å². The largest absolute Gasteiger partial charge is 0.444 e. The van der Waals surface area contributed by atoms with Gasteiger partial charge in [-0.1, -0.05) is 12.8 Å². The molecule has 4 heterocycles. The fourth-order valence-corrected chi connectivity index (χ4v) is 5.16. The molecule has 1 aliphatic heterocycles. The summed E-state index contributed by atoms with van der Waals surface area (Å²) < 4.78 is 7.45. The number of carbonyl (C=O) groups excluding carboxylic acids is 3. The van der Waals surface area contributed by atoms with Crippen LogP contribution in [0.3, 0.4) is 0 Å². The predicted molar refractivity (Wildman–Crippen MR) is 151 cm³/mol. The molecule has 5 rings (SSSR count). The third-order valence-electron chi connectivity index (χ3n) is 7.06. The Balaban J connectivity index is 1.31. The first-order valence-electron chi connectivity index (χ1n) is 13.6. The van der Waals surface area contributed by atoms with Crippen LogP contribution in [0.5, 0.6) is 0 Å². The third kappa shape index (κ3) is 5.70. The van der Waals surface area contributed by atoms with Gasteiger partial charge in [0.1, 0.15) is 29.3 Å². The van der Waals surface area contributed by atoms with Crippen LogP contribution in [0.15, 0.2) is 30.6 Å². The molecule has 40 heavy (non-hydrogen) atoms. The SMILES string of the molecule is CN(C)C(=O)c1cc2cnc(Nc3ccc(N4CCN(C(=O)OC(C)(C)C)CC4=O)cn3)nc2n1C1CCCC1. The molecule has 2 aliphatic rings. The number of ether oxygens (including phenoxy) is 1. The Morgan fingerprint density at radius 1 is 1.07 bits per heavy atom. The molecule has 0 radical (unpaired) electrons. The first-order chi connectivity index (χ1) is 19.0. The summed E-state index contributed by atoms with van der Waals surface area (Å²) in [7, 11) is 3.50. The van der Waals surface area contributed by atoms with Crippen LogP contribution in [0.25, 0.3) is 11.0 Å². The van der Waals surface area contributed by atoms with Crippen molar-refractivity contribution in [3.63, 3.8) is 0 Å². The van der Waals surface area contributed by atoms with E-state index in [-0.39, 0.29) is 24.4 Å². The van der Waals surface area contributed by atoms with Gasteiger partial charge < -0.3 is 24.4 Å². The second kappa shape index (κ2) is 10.7. The van der Waals surface area contributed by atoms with Gasteiger partial charge in [0.15, 0.2) is 0 Å². The van der Waals surface area contributed by atoms with Crippen molar-refractivity contribution in [3.05, 3.63) is 36.3 Å². The lowest BCUT2D eigenvalue weighted by Gasteiger charge is -2.35. The average molecular weight is 549 g/mol. The van der Waals surface area contributed by atoms with Crippen molar-refractivity contribution in [3.8, 4) is 0 Å². The molecule has 0 bridgehead atoms. The number of amides is 3. The molecule has 1 N–H and O–H groups in total. The number of fused-ring (bicyclic) bond motifs is 1. The lowest BCUT2D eigenvalue weighted by molar-refractivity contribution is -0.121. The van der Waals surface area contributed by atoms with Crippen molar-refractivity contribution in [1.29, 1.82) is 0 Å². The van der Waals surface area contributed by atoms with Gasteiger partial charge in [0, 0.05) is 44.8 Å². The molecule has 1 saturated heterocycles. The zero-order valence-electron chi connectivity index (χ0n) is 23.7. The maximum atomic E-state index is 12.9. The van der Waals surface area contributed by atoms with Crippen molar-refractivity contribution < 1.29 is 19.1 Å². The standard InChI is InChI=1S/C28H36N8O4/c1-28(2,3)40-27(39)34-12-13-35(23(37)17-34)20-10-11-22(29-16-20)31-26-30-15-18-14-21(25(38)33(4)5)36(24(18)32-26)19-8-6-7-9-19/h10-11,14-16,19H,6-9,12-13,17H2,1-5H3,(H,29,30,31,32). The van der Waals surface area contributed by atoms with Crippen LogP contribution in [0.1, 0.15) is 63.0 Å². The quantitative estimate of drug-likeness (QED) is 0.508. The van der Waals surface area contributed by atoms with Crippen LogP contribution < -0.4 is 10.2 Å². The van der Waals surface area contributed by atoms with Crippen molar-refractivity contribution in [1.82, 2.24) is 29.3 Å². The van der Waals surface area contributed by atoms with Gasteiger partial charge in [0.25, 0.3) is 5.91 Å². The van der Waals surface area contributed by atoms with Crippen LogP contribution in [0.4, 0.5) is 22.2 Å². The topological polar surface area (TPSA) is 126 Å². The molecular formula is C28H36N8O4. The minimum Gasteiger partial charge on any atom is -0.444 e. The minimum absolute atomic E-state index is 0.0538. The van der Waals surface area contributed by atoms with Gasteiger partial charge in [-0.15, -0.1) is 0 Å². The van der Waals surface area contributed by atoms with Crippen LogP contribution in [0.2, 0.25) is 0 Å². The van der Waals surface area contributed by atoms with Gasteiger partial charge >= 0.3 is 6.09 Å². The molecule has 2 fully saturated rings. The molecule has 1 aliphatic carbocycles. The normalized spacial score (nSPS) is 16.5. The number of hydrogen-bond donors (Lipinski definition) is 1. The Morgan fingerprint density at radius 2 is 1.82 bits per heavy atom. The molecule has 1 saturated carbocycles. The fraction of sp³-hybridized carbons (Fsp3) is 0.500. The number of nitrogens with zero attached hydrogens (tertiary/aromatic N) is 7. The smallest absolute Gasteiger partial charge is 0.410 e. The number of rotatable bonds is 5. The van der Waals surface area contributed by atoms with Crippen molar-refractivity contribution >= 4 is 46.4 Å². The van der Waals surface area contributed by atoms with E-state index in [2.05, 4.69) is 19.9 Å². The summed E-state index contributed by atoms with van der Waals surface area (Å²) in [5, 5.41) is 3.96. The fourth-order valence-electron chi connectivity index (χ4n) is 5.16. The number of hydrogen-bond acceptors (Lipinski definition) is 8. The van der Waals surface area contributed by atoms with Gasteiger partial charge in [-0.05, 0) is 51.8 Å². The highest BCUT2D eigenvalue weighted by Crippen LogP contribution is 2.35. The molecule has 3 aromatic rings. The lowest BCUT2D eigenvalue weighted by atomic mass is 10.2. The van der Waals surface area contributed by atoms with Crippen LogP contribution in [0, 0.1) is 0 Å². The summed E-state index contributed by atoms with van der Waals surface area (Å²) in [4.78, 5) is 56.4. The highest BCUT2D eigenvalue weighted by atomic mass is 16.6. The maximum absolute atomic E-state index is 12.9. The Kier molecular flexibility index (Phi) is 7.35. The number of anilines is 3. The van der Waals surface area contributed by atoms with E-state index in [1.807, 2.05) is 6.07 Å². The molecule has 12 heteroatoms. The first-order valence-corrected chi connectivity index (χ1v) is 13.6. The van der Waals surface area contributed by atoms with Gasteiger partial charge in [-0.3, -0.25) is 14.5 Å². The Labute approximate surface area is 233 Å². The van der Waals surface area contributed by atoms with E-state index in [4.69, 9.17) is 9.72 Å². The Hall–Kier alpha value is -4.22. The third-order valence-corrected chi connectivity index (χ3v) is 7.06. The van der Waals surface area contributed by atoms with Crippen molar-refractivity contribution in [2.24, 2.45) is 0 Å². The number of carbonyl (C=O) groups is 3. The first kappa shape index (κ1) is 27.4. The molecular weight excluding hydrogens is 512 g/mol. The number of pyridine rings is 1. The summed E-state index contributed by atoms with van der Waals surface area (Å²) in [6.45, 7) is 6.05. The molecule has 0 unspecified atom stereocenters. The Bertz CT molecular complexity index is 1420. The summed E-state index contributed by atoms with van der Waals surface area (Å²) >= 11 is 0. The minimum atomic E-state index is -0.621.